The highest BCUT2D eigenvalue weighted by Gasteiger charge is 2.17. The van der Waals surface area contributed by atoms with Gasteiger partial charge in [-0.1, -0.05) is 28.1 Å². The number of ether oxygens (including phenoxy) is 1. The highest BCUT2D eigenvalue weighted by Crippen LogP contribution is 2.25. The molecule has 0 saturated heterocycles. The number of halogens is 1. The zero-order chi connectivity index (χ0) is 14.3. The minimum absolute atomic E-state index is 0.0767. The molecule has 0 unspecified atom stereocenters. The van der Waals surface area contributed by atoms with E-state index in [4.69, 9.17) is 4.74 Å². The van der Waals surface area contributed by atoms with Gasteiger partial charge in [-0.2, -0.15) is 0 Å². The van der Waals surface area contributed by atoms with Crippen LogP contribution in [0.3, 0.4) is 0 Å². The molecule has 0 spiro atoms. The largest absolute Gasteiger partial charge is 0.372 e. The lowest BCUT2D eigenvalue weighted by atomic mass is 9.95. The van der Waals surface area contributed by atoms with E-state index >= 15 is 0 Å². The molecule has 2 aromatic carbocycles. The Balaban J connectivity index is 2.03. The first kappa shape index (κ1) is 13.5. The first-order valence-corrected chi connectivity index (χ1v) is 7.36. The predicted octanol–water partition coefficient (Wildman–Crippen LogP) is 4.33. The van der Waals surface area contributed by atoms with Crippen molar-refractivity contribution in [1.29, 1.82) is 0 Å². The molecule has 0 radical (unpaired) electrons. The Morgan fingerprint density at radius 2 is 1.80 bits per heavy atom. The second-order valence-electron chi connectivity index (χ2n) is 5.22. The van der Waals surface area contributed by atoms with E-state index in [-0.39, 0.29) is 5.78 Å². The molecule has 1 aliphatic rings. The Bertz CT molecular complexity index is 704. The number of carbonyl (C=O) groups excluding carboxylic acids is 1. The van der Waals surface area contributed by atoms with Gasteiger partial charge < -0.3 is 4.74 Å². The van der Waals surface area contributed by atoms with E-state index in [1.54, 1.807) is 0 Å². The molecule has 0 N–H and O–H groups in total. The standard InChI is InChI=1S/C17H15BrO2/c1-10-6-16(18)11(2)5-15(10)17(19)12-3-4-13-8-20-9-14(13)7-12/h3-7H,8-9H2,1-2H3. The van der Waals surface area contributed by atoms with Crippen molar-refractivity contribution in [2.75, 3.05) is 0 Å². The van der Waals surface area contributed by atoms with Crippen molar-refractivity contribution in [3.05, 3.63) is 68.2 Å². The quantitative estimate of drug-likeness (QED) is 0.766. The van der Waals surface area contributed by atoms with E-state index < -0.39 is 0 Å². The van der Waals surface area contributed by atoms with Gasteiger partial charge in [0.05, 0.1) is 13.2 Å². The third kappa shape index (κ3) is 2.32. The Labute approximate surface area is 126 Å². The molecule has 0 amide bonds. The van der Waals surface area contributed by atoms with Crippen LogP contribution in [0.2, 0.25) is 0 Å². The van der Waals surface area contributed by atoms with Crippen molar-refractivity contribution in [3.8, 4) is 0 Å². The number of ketones is 1. The van der Waals surface area contributed by atoms with Crippen molar-refractivity contribution in [3.63, 3.8) is 0 Å². The number of hydrogen-bond donors (Lipinski definition) is 0. The molecular formula is C17H15BrO2. The van der Waals surface area contributed by atoms with Gasteiger partial charge >= 0.3 is 0 Å². The average Bonchev–Trinajstić information content (AvgIpc) is 2.89. The molecule has 0 aromatic heterocycles. The smallest absolute Gasteiger partial charge is 0.193 e. The summed E-state index contributed by atoms with van der Waals surface area (Å²) in [6, 6.07) is 9.80. The van der Waals surface area contributed by atoms with Crippen LogP contribution in [0.4, 0.5) is 0 Å². The summed E-state index contributed by atoms with van der Waals surface area (Å²) in [4.78, 5) is 12.7. The molecule has 0 fully saturated rings. The van der Waals surface area contributed by atoms with Crippen molar-refractivity contribution in [2.24, 2.45) is 0 Å². The maximum Gasteiger partial charge on any atom is 0.193 e. The lowest BCUT2D eigenvalue weighted by molar-refractivity contribution is 0.103. The minimum atomic E-state index is 0.0767. The van der Waals surface area contributed by atoms with Gasteiger partial charge in [0.25, 0.3) is 0 Å². The molecule has 2 nitrogen and oxygen atoms in total. The molecule has 3 heteroatoms. The van der Waals surface area contributed by atoms with E-state index in [0.29, 0.717) is 13.2 Å². The van der Waals surface area contributed by atoms with Gasteiger partial charge in [0.15, 0.2) is 5.78 Å². The molecule has 3 rings (SSSR count). The molecule has 102 valence electrons. The summed E-state index contributed by atoms with van der Waals surface area (Å²) >= 11 is 3.50. The van der Waals surface area contributed by atoms with Crippen molar-refractivity contribution in [1.82, 2.24) is 0 Å². The van der Waals surface area contributed by atoms with Crippen LogP contribution in [0.15, 0.2) is 34.8 Å². The number of rotatable bonds is 2. The van der Waals surface area contributed by atoms with Crippen LogP contribution >= 0.6 is 15.9 Å². The van der Waals surface area contributed by atoms with Gasteiger partial charge in [0.1, 0.15) is 0 Å². The summed E-state index contributed by atoms with van der Waals surface area (Å²) in [6.07, 6.45) is 0. The number of carbonyl (C=O) groups is 1. The van der Waals surface area contributed by atoms with Gasteiger partial charge in [-0.15, -0.1) is 0 Å². The average molecular weight is 331 g/mol. The van der Waals surface area contributed by atoms with E-state index in [2.05, 4.69) is 15.9 Å². The van der Waals surface area contributed by atoms with Crippen LogP contribution < -0.4 is 0 Å². The lowest BCUT2D eigenvalue weighted by Crippen LogP contribution is -2.05. The molecule has 1 aliphatic heterocycles. The molecule has 20 heavy (non-hydrogen) atoms. The van der Waals surface area contributed by atoms with Crippen LogP contribution in [0.1, 0.15) is 38.2 Å². The summed E-state index contributed by atoms with van der Waals surface area (Å²) in [5, 5.41) is 0. The summed E-state index contributed by atoms with van der Waals surface area (Å²) in [5.74, 6) is 0.0767. The fourth-order valence-electron chi connectivity index (χ4n) is 2.49. The van der Waals surface area contributed by atoms with Crippen molar-refractivity contribution >= 4 is 21.7 Å². The topological polar surface area (TPSA) is 26.3 Å². The third-order valence-corrected chi connectivity index (χ3v) is 4.59. The Morgan fingerprint density at radius 1 is 1.05 bits per heavy atom. The molecule has 0 atom stereocenters. The van der Waals surface area contributed by atoms with E-state index in [1.165, 1.54) is 5.56 Å². The van der Waals surface area contributed by atoms with Crippen LogP contribution in [-0.4, -0.2) is 5.78 Å². The first-order valence-electron chi connectivity index (χ1n) is 6.57. The van der Waals surface area contributed by atoms with Gasteiger partial charge in [-0.3, -0.25) is 4.79 Å². The maximum absolute atomic E-state index is 12.7. The highest BCUT2D eigenvalue weighted by atomic mass is 79.9. The first-order chi connectivity index (χ1) is 9.56. The summed E-state index contributed by atoms with van der Waals surface area (Å²) < 4.78 is 6.43. The van der Waals surface area contributed by atoms with Crippen LogP contribution in [0.25, 0.3) is 0 Å². The third-order valence-electron chi connectivity index (χ3n) is 3.73. The van der Waals surface area contributed by atoms with Gasteiger partial charge in [-0.25, -0.2) is 0 Å². The van der Waals surface area contributed by atoms with Crippen molar-refractivity contribution in [2.45, 2.75) is 27.1 Å². The highest BCUT2D eigenvalue weighted by molar-refractivity contribution is 9.10. The molecule has 1 heterocycles. The number of fused-ring (bicyclic) bond motifs is 1. The van der Waals surface area contributed by atoms with Crippen molar-refractivity contribution < 1.29 is 9.53 Å². The van der Waals surface area contributed by atoms with Crippen LogP contribution in [-0.2, 0) is 18.0 Å². The maximum atomic E-state index is 12.7. The van der Waals surface area contributed by atoms with Gasteiger partial charge in [-0.05, 0) is 54.3 Å². The fraction of sp³-hybridized carbons (Fsp3) is 0.235. The SMILES string of the molecule is Cc1cc(C(=O)c2ccc3c(c2)COC3)c(C)cc1Br. The summed E-state index contributed by atoms with van der Waals surface area (Å²) in [5.41, 5.74) is 5.88. The van der Waals surface area contributed by atoms with E-state index in [1.807, 2.05) is 44.2 Å². The summed E-state index contributed by atoms with van der Waals surface area (Å²) in [6.45, 7) is 5.22. The second kappa shape index (κ2) is 5.15. The second-order valence-corrected chi connectivity index (χ2v) is 6.08. The molecule has 0 bridgehead atoms. The normalized spacial score (nSPS) is 13.3. The number of aryl methyl sites for hydroxylation is 2. The van der Waals surface area contributed by atoms with Crippen LogP contribution in [0.5, 0.6) is 0 Å². The molecule has 2 aromatic rings. The minimum Gasteiger partial charge on any atom is -0.372 e. The van der Waals surface area contributed by atoms with Crippen LogP contribution in [0, 0.1) is 13.8 Å². The zero-order valence-corrected chi connectivity index (χ0v) is 13.1. The fourth-order valence-corrected chi connectivity index (χ4v) is 2.95. The Kier molecular flexibility index (Phi) is 3.48. The van der Waals surface area contributed by atoms with E-state index in [9.17, 15) is 4.79 Å². The molecule has 0 aliphatic carbocycles. The zero-order valence-electron chi connectivity index (χ0n) is 11.5. The lowest BCUT2D eigenvalue weighted by Gasteiger charge is -2.09. The van der Waals surface area contributed by atoms with Gasteiger partial charge in [0, 0.05) is 15.6 Å². The summed E-state index contributed by atoms with van der Waals surface area (Å²) in [7, 11) is 0. The monoisotopic (exact) mass is 330 g/mol. The van der Waals surface area contributed by atoms with Gasteiger partial charge in [0.2, 0.25) is 0 Å². The number of hydrogen-bond acceptors (Lipinski definition) is 2. The predicted molar refractivity (Wildman–Crippen MR) is 82.0 cm³/mol. The molecular weight excluding hydrogens is 316 g/mol. The van der Waals surface area contributed by atoms with E-state index in [0.717, 1.165) is 32.3 Å². The Morgan fingerprint density at radius 3 is 2.60 bits per heavy atom. The molecule has 0 saturated carbocycles. The Hall–Kier alpha value is -1.45. The number of benzene rings is 2.